The second kappa shape index (κ2) is 16.0. The summed E-state index contributed by atoms with van der Waals surface area (Å²) in [7, 11) is 0. The van der Waals surface area contributed by atoms with E-state index in [2.05, 4.69) is 54.2 Å². The SMILES string of the molecule is Cc1cc(N2CCN(CCCOc3cc4c(cc3F)C(O)N(C3CCC(=O)NC3=O)C4=O)CC2)nc(C)c1C(=O)NC1C(C)(C)C(Oc2ccc(C#N)c(Cl)c2)C1(C)C. The fourth-order valence-corrected chi connectivity index (χ4v) is 9.74. The third-order valence-corrected chi connectivity index (χ3v) is 12.6. The number of aliphatic hydroxyl groups excluding tert-OH is 1. The van der Waals surface area contributed by atoms with Crippen LogP contribution in [0.25, 0.3) is 0 Å². The molecule has 2 saturated heterocycles. The third kappa shape index (κ3) is 7.81. The molecular formula is C43H49ClFN7O7. The first-order valence-electron chi connectivity index (χ1n) is 19.9. The molecule has 1 saturated carbocycles. The lowest BCUT2D eigenvalue weighted by atomic mass is 9.49. The Hall–Kier alpha value is -5.30. The van der Waals surface area contributed by atoms with Gasteiger partial charge in [-0.2, -0.15) is 5.26 Å². The minimum absolute atomic E-state index is 0.0305. The van der Waals surface area contributed by atoms with Crippen molar-refractivity contribution in [2.24, 2.45) is 10.8 Å². The highest BCUT2D eigenvalue weighted by atomic mass is 35.5. The van der Waals surface area contributed by atoms with Crippen molar-refractivity contribution in [3.05, 3.63) is 80.7 Å². The second-order valence-corrected chi connectivity index (χ2v) is 17.4. The monoisotopic (exact) mass is 829 g/mol. The zero-order chi connectivity index (χ0) is 42.6. The number of nitrogens with zero attached hydrogens (tertiary/aromatic N) is 5. The van der Waals surface area contributed by atoms with Crippen LogP contribution in [-0.4, -0.2) is 101 Å². The molecule has 3 fully saturated rings. The Morgan fingerprint density at radius 3 is 2.44 bits per heavy atom. The number of anilines is 1. The van der Waals surface area contributed by atoms with Crippen LogP contribution in [0.15, 0.2) is 36.4 Å². The molecule has 1 aliphatic carbocycles. The van der Waals surface area contributed by atoms with Crippen LogP contribution in [0.4, 0.5) is 10.2 Å². The maximum Gasteiger partial charge on any atom is 0.257 e. The van der Waals surface area contributed by atoms with Crippen LogP contribution in [0.3, 0.4) is 0 Å². The van der Waals surface area contributed by atoms with E-state index in [9.17, 15) is 29.5 Å². The number of halogens is 2. The zero-order valence-corrected chi connectivity index (χ0v) is 34.8. The fourth-order valence-electron chi connectivity index (χ4n) is 9.52. The van der Waals surface area contributed by atoms with E-state index in [4.69, 9.17) is 26.1 Å². The molecule has 4 amide bonds. The van der Waals surface area contributed by atoms with E-state index in [1.54, 1.807) is 18.2 Å². The van der Waals surface area contributed by atoms with Gasteiger partial charge >= 0.3 is 0 Å². The molecule has 312 valence electrons. The van der Waals surface area contributed by atoms with Crippen LogP contribution < -0.4 is 25.0 Å². The maximum absolute atomic E-state index is 15.1. The molecule has 59 heavy (non-hydrogen) atoms. The molecule has 1 aromatic heterocycles. The van der Waals surface area contributed by atoms with Crippen molar-refractivity contribution in [1.82, 2.24) is 25.4 Å². The number of benzene rings is 2. The molecule has 7 rings (SSSR count). The van der Waals surface area contributed by atoms with Gasteiger partial charge in [0.1, 0.15) is 29.8 Å². The fraction of sp³-hybridized carbons (Fsp3) is 0.488. The summed E-state index contributed by atoms with van der Waals surface area (Å²) in [5.41, 5.74) is 1.69. The van der Waals surface area contributed by atoms with Crippen LogP contribution in [0, 0.1) is 41.8 Å². The van der Waals surface area contributed by atoms with Crippen LogP contribution in [0.1, 0.15) is 96.3 Å². The predicted molar refractivity (Wildman–Crippen MR) is 216 cm³/mol. The molecule has 2 atom stereocenters. The average molecular weight is 830 g/mol. The average Bonchev–Trinajstić information content (AvgIpc) is 3.41. The van der Waals surface area contributed by atoms with Crippen molar-refractivity contribution in [2.45, 2.75) is 85.2 Å². The first-order chi connectivity index (χ1) is 27.9. The number of imide groups is 1. The van der Waals surface area contributed by atoms with Gasteiger partial charge in [-0.25, -0.2) is 9.37 Å². The van der Waals surface area contributed by atoms with E-state index in [0.29, 0.717) is 40.6 Å². The molecule has 0 radical (unpaired) electrons. The molecular weight excluding hydrogens is 781 g/mol. The first kappa shape index (κ1) is 41.8. The molecule has 2 unspecified atom stereocenters. The number of hydrogen-bond acceptors (Lipinski definition) is 11. The number of nitrogens with one attached hydrogen (secondary N) is 2. The molecule has 14 nitrogen and oxygen atoms in total. The lowest BCUT2D eigenvalue weighted by Crippen LogP contribution is -2.74. The van der Waals surface area contributed by atoms with Crippen molar-refractivity contribution in [3.63, 3.8) is 0 Å². The van der Waals surface area contributed by atoms with Gasteiger partial charge in [0.15, 0.2) is 17.8 Å². The van der Waals surface area contributed by atoms with Gasteiger partial charge in [0.2, 0.25) is 11.8 Å². The number of pyridine rings is 1. The number of aliphatic hydroxyl groups is 1. The van der Waals surface area contributed by atoms with E-state index >= 15 is 4.39 Å². The Labute approximate surface area is 347 Å². The minimum Gasteiger partial charge on any atom is -0.490 e. The first-order valence-corrected chi connectivity index (χ1v) is 20.2. The molecule has 3 aromatic rings. The summed E-state index contributed by atoms with van der Waals surface area (Å²) in [5, 5.41) is 25.8. The highest BCUT2D eigenvalue weighted by Gasteiger charge is 2.64. The number of rotatable bonds is 11. The van der Waals surface area contributed by atoms with Crippen LogP contribution >= 0.6 is 11.6 Å². The smallest absolute Gasteiger partial charge is 0.257 e. The largest absolute Gasteiger partial charge is 0.490 e. The number of aromatic nitrogens is 1. The number of hydrogen-bond donors (Lipinski definition) is 3. The van der Waals surface area contributed by atoms with Gasteiger partial charge < -0.3 is 24.8 Å². The van der Waals surface area contributed by atoms with E-state index in [1.807, 2.05) is 19.9 Å². The van der Waals surface area contributed by atoms with Gasteiger partial charge in [0.25, 0.3) is 11.8 Å². The highest BCUT2D eigenvalue weighted by molar-refractivity contribution is 6.31. The van der Waals surface area contributed by atoms with Crippen molar-refractivity contribution in [3.8, 4) is 17.6 Å². The summed E-state index contributed by atoms with van der Waals surface area (Å²) in [6.45, 7) is 15.9. The lowest BCUT2D eigenvalue weighted by Gasteiger charge is -2.63. The summed E-state index contributed by atoms with van der Waals surface area (Å²) in [6, 6.07) is 10.1. The van der Waals surface area contributed by atoms with E-state index in [-0.39, 0.29) is 54.4 Å². The van der Waals surface area contributed by atoms with E-state index < -0.39 is 46.6 Å². The van der Waals surface area contributed by atoms with Crippen molar-refractivity contribution < 1.29 is 38.1 Å². The van der Waals surface area contributed by atoms with E-state index in [0.717, 1.165) is 48.5 Å². The quantitative estimate of drug-likeness (QED) is 0.179. The Morgan fingerprint density at radius 2 is 1.80 bits per heavy atom. The zero-order valence-electron chi connectivity index (χ0n) is 34.0. The molecule has 16 heteroatoms. The van der Waals surface area contributed by atoms with E-state index in [1.165, 1.54) is 6.07 Å². The van der Waals surface area contributed by atoms with Crippen LogP contribution in [0.5, 0.6) is 11.5 Å². The molecule has 3 N–H and O–H groups in total. The number of piperidine rings is 1. The maximum atomic E-state index is 15.1. The van der Waals surface area contributed by atoms with Gasteiger partial charge in [0.05, 0.1) is 34.0 Å². The van der Waals surface area contributed by atoms with Gasteiger partial charge in [-0.1, -0.05) is 39.3 Å². The number of fused-ring (bicyclic) bond motifs is 1. The third-order valence-electron chi connectivity index (χ3n) is 12.3. The summed E-state index contributed by atoms with van der Waals surface area (Å²) in [5.74, 6) is -1.39. The van der Waals surface area contributed by atoms with Gasteiger partial charge in [-0.05, 0) is 62.6 Å². The van der Waals surface area contributed by atoms with Crippen molar-refractivity contribution in [2.75, 3.05) is 44.2 Å². The number of carbonyl (C=O) groups excluding carboxylic acids is 4. The molecule has 4 heterocycles. The Morgan fingerprint density at radius 1 is 1.08 bits per heavy atom. The van der Waals surface area contributed by atoms with Crippen LogP contribution in [-0.2, 0) is 9.59 Å². The topological polar surface area (TPSA) is 177 Å². The number of aryl methyl sites for hydroxylation is 2. The highest BCUT2D eigenvalue weighted by Crippen LogP contribution is 2.55. The Balaban J connectivity index is 0.892. The molecule has 3 aliphatic heterocycles. The number of carbonyl (C=O) groups is 4. The lowest BCUT2D eigenvalue weighted by molar-refractivity contribution is -0.164. The summed E-state index contributed by atoms with van der Waals surface area (Å²) >= 11 is 6.25. The molecule has 2 aromatic carbocycles. The second-order valence-electron chi connectivity index (χ2n) is 17.0. The van der Waals surface area contributed by atoms with Crippen LogP contribution in [0.2, 0.25) is 5.02 Å². The number of nitriles is 1. The Kier molecular flexibility index (Phi) is 11.4. The summed E-state index contributed by atoms with van der Waals surface area (Å²) < 4.78 is 27.2. The van der Waals surface area contributed by atoms with Gasteiger partial charge in [-0.15, -0.1) is 0 Å². The standard InChI is InChI=1S/C43H49ClFN7O7/c1-23-18-33(47-24(2)35(23)37(55)49-40-42(3,4)41(43(40,5)6)59-26-9-8-25(22-46)29(44)19-26)51-15-13-50(14-16-51)12-7-17-58-32-21-28-27(20-30(32)45)38(56)52(39(28)57)31-10-11-34(53)48-36(31)54/h8-9,18-21,31,38,40-41,56H,7,10-17H2,1-6H3,(H,49,55)(H,48,53,54). The predicted octanol–water partition coefficient (Wildman–Crippen LogP) is 4.82. The van der Waals surface area contributed by atoms with Gasteiger partial charge in [0, 0.05) is 67.6 Å². The van der Waals surface area contributed by atoms with Crippen molar-refractivity contribution >= 4 is 41.0 Å². The molecule has 4 aliphatic rings. The summed E-state index contributed by atoms with van der Waals surface area (Å²) in [4.78, 5) is 61.3. The summed E-state index contributed by atoms with van der Waals surface area (Å²) in [6.07, 6.45) is -1.04. The van der Waals surface area contributed by atoms with Gasteiger partial charge in [-0.3, -0.25) is 34.3 Å². The van der Waals surface area contributed by atoms with Crippen molar-refractivity contribution in [1.29, 1.82) is 5.26 Å². The number of piperazine rings is 1. The Bertz CT molecular complexity index is 2210. The minimum atomic E-state index is -1.51. The number of ether oxygens (including phenoxy) is 2. The molecule has 0 bridgehead atoms. The normalized spacial score (nSPS) is 23.6. The molecule has 0 spiro atoms. The number of amides is 4.